The summed E-state index contributed by atoms with van der Waals surface area (Å²) in [5.74, 6) is 0. The van der Waals surface area contributed by atoms with Crippen molar-refractivity contribution in [2.24, 2.45) is 0 Å². The first-order valence-electron chi connectivity index (χ1n) is 6.09. The molecule has 0 aliphatic heterocycles. The van der Waals surface area contributed by atoms with E-state index in [1.165, 1.54) is 4.31 Å². The van der Waals surface area contributed by atoms with Crippen LogP contribution in [0.4, 0.5) is 0 Å². The Labute approximate surface area is 106 Å². The van der Waals surface area contributed by atoms with E-state index in [1.807, 2.05) is 46.8 Å². The standard InChI is InChI=1S/C11H17NO2S.C2H6/c1-4-12(5-2)15(13,14)11-8-6-10(3)7-9-11;1-2/h6-9H,4-5H2,1-3H3;1-2H3. The van der Waals surface area contributed by atoms with Gasteiger partial charge in [0.25, 0.3) is 0 Å². The molecule has 0 aliphatic carbocycles. The SMILES string of the molecule is CC.CCN(CC)S(=O)(=O)c1ccc(C)cc1. The maximum atomic E-state index is 12.0. The second kappa shape index (κ2) is 7.45. The molecule has 0 saturated heterocycles. The van der Waals surface area contributed by atoms with Gasteiger partial charge in [0.1, 0.15) is 0 Å². The minimum absolute atomic E-state index is 0.372. The molecule has 0 bridgehead atoms. The molecule has 0 aromatic heterocycles. The zero-order chi connectivity index (χ0) is 13.5. The van der Waals surface area contributed by atoms with Gasteiger partial charge in [-0.15, -0.1) is 0 Å². The molecule has 1 aromatic carbocycles. The first kappa shape index (κ1) is 16.1. The Morgan fingerprint density at radius 2 is 1.41 bits per heavy atom. The van der Waals surface area contributed by atoms with Gasteiger partial charge in [-0.1, -0.05) is 45.4 Å². The number of hydrogen-bond donors (Lipinski definition) is 0. The van der Waals surface area contributed by atoms with Crippen molar-refractivity contribution in [3.8, 4) is 0 Å². The fourth-order valence-corrected chi connectivity index (χ4v) is 2.88. The van der Waals surface area contributed by atoms with Crippen LogP contribution in [0.25, 0.3) is 0 Å². The van der Waals surface area contributed by atoms with Crippen LogP contribution in [0.1, 0.15) is 33.3 Å². The van der Waals surface area contributed by atoms with E-state index >= 15 is 0 Å². The van der Waals surface area contributed by atoms with E-state index in [1.54, 1.807) is 12.1 Å². The molecule has 1 aromatic rings. The molecular formula is C13H23NO2S. The summed E-state index contributed by atoms with van der Waals surface area (Å²) in [4.78, 5) is 0.372. The van der Waals surface area contributed by atoms with Crippen LogP contribution in [0, 0.1) is 6.92 Å². The zero-order valence-corrected chi connectivity index (χ0v) is 12.2. The molecule has 98 valence electrons. The first-order valence-corrected chi connectivity index (χ1v) is 7.53. The minimum atomic E-state index is -3.28. The molecule has 3 nitrogen and oxygen atoms in total. The van der Waals surface area contributed by atoms with E-state index in [0.29, 0.717) is 18.0 Å². The van der Waals surface area contributed by atoms with Gasteiger partial charge in [-0.25, -0.2) is 8.42 Å². The number of aryl methyl sites for hydroxylation is 1. The molecule has 17 heavy (non-hydrogen) atoms. The third-order valence-electron chi connectivity index (χ3n) is 2.36. The normalized spacial score (nSPS) is 10.9. The van der Waals surface area contributed by atoms with Gasteiger partial charge in [-0.2, -0.15) is 4.31 Å². The monoisotopic (exact) mass is 257 g/mol. The van der Waals surface area contributed by atoms with Crippen LogP contribution in [-0.4, -0.2) is 25.8 Å². The highest BCUT2D eigenvalue weighted by atomic mass is 32.2. The number of sulfonamides is 1. The molecule has 0 N–H and O–H groups in total. The lowest BCUT2D eigenvalue weighted by molar-refractivity contribution is 0.445. The van der Waals surface area contributed by atoms with Crippen molar-refractivity contribution in [1.29, 1.82) is 0 Å². The minimum Gasteiger partial charge on any atom is -0.207 e. The van der Waals surface area contributed by atoms with Crippen LogP contribution in [0.5, 0.6) is 0 Å². The molecule has 0 saturated carbocycles. The summed E-state index contributed by atoms with van der Waals surface area (Å²) in [6, 6.07) is 6.94. The molecule has 0 amide bonds. The van der Waals surface area contributed by atoms with Gasteiger partial charge in [-0.05, 0) is 19.1 Å². The molecule has 0 aliphatic rings. The van der Waals surface area contributed by atoms with E-state index in [9.17, 15) is 8.42 Å². The highest BCUT2D eigenvalue weighted by Gasteiger charge is 2.20. The Balaban J connectivity index is 0.00000121. The van der Waals surface area contributed by atoms with Crippen LogP contribution in [0.15, 0.2) is 29.2 Å². The van der Waals surface area contributed by atoms with Crippen molar-refractivity contribution in [2.45, 2.75) is 39.5 Å². The topological polar surface area (TPSA) is 37.4 Å². The molecule has 0 heterocycles. The van der Waals surface area contributed by atoms with Gasteiger partial charge in [0.05, 0.1) is 4.90 Å². The number of nitrogens with zero attached hydrogens (tertiary/aromatic N) is 1. The molecule has 1 rings (SSSR count). The summed E-state index contributed by atoms with van der Waals surface area (Å²) in [6.45, 7) is 10.6. The van der Waals surface area contributed by atoms with Gasteiger partial charge >= 0.3 is 0 Å². The predicted octanol–water partition coefficient (Wildman–Crippen LogP) is 3.05. The van der Waals surface area contributed by atoms with Gasteiger partial charge in [0.15, 0.2) is 0 Å². The lowest BCUT2D eigenvalue weighted by Crippen LogP contribution is -2.30. The molecular weight excluding hydrogens is 234 g/mol. The quantitative estimate of drug-likeness (QED) is 0.831. The van der Waals surface area contributed by atoms with Crippen LogP contribution in [-0.2, 0) is 10.0 Å². The highest BCUT2D eigenvalue weighted by molar-refractivity contribution is 7.89. The number of rotatable bonds is 4. The maximum absolute atomic E-state index is 12.0. The van der Waals surface area contributed by atoms with Crippen molar-refractivity contribution < 1.29 is 8.42 Å². The summed E-state index contributed by atoms with van der Waals surface area (Å²) in [5.41, 5.74) is 1.06. The zero-order valence-electron chi connectivity index (χ0n) is 11.4. The van der Waals surface area contributed by atoms with Gasteiger partial charge in [0, 0.05) is 13.1 Å². The van der Waals surface area contributed by atoms with Gasteiger partial charge < -0.3 is 0 Å². The number of benzene rings is 1. The highest BCUT2D eigenvalue weighted by Crippen LogP contribution is 2.15. The lowest BCUT2D eigenvalue weighted by Gasteiger charge is -2.18. The summed E-state index contributed by atoms with van der Waals surface area (Å²) in [6.07, 6.45) is 0. The third-order valence-corrected chi connectivity index (χ3v) is 4.43. The molecule has 0 fully saturated rings. The van der Waals surface area contributed by atoms with Crippen molar-refractivity contribution in [2.75, 3.05) is 13.1 Å². The Kier molecular flexibility index (Phi) is 7.07. The van der Waals surface area contributed by atoms with Crippen LogP contribution >= 0.6 is 0 Å². The van der Waals surface area contributed by atoms with E-state index in [4.69, 9.17) is 0 Å². The average Bonchev–Trinajstić information content (AvgIpc) is 2.33. The fraction of sp³-hybridized carbons (Fsp3) is 0.538. The predicted molar refractivity (Wildman–Crippen MR) is 72.6 cm³/mol. The van der Waals surface area contributed by atoms with E-state index in [-0.39, 0.29) is 0 Å². The molecule has 0 spiro atoms. The van der Waals surface area contributed by atoms with Crippen LogP contribution in [0.3, 0.4) is 0 Å². The molecule has 0 unspecified atom stereocenters. The number of hydrogen-bond acceptors (Lipinski definition) is 2. The Morgan fingerprint density at radius 1 is 1.00 bits per heavy atom. The third kappa shape index (κ3) is 4.13. The maximum Gasteiger partial charge on any atom is 0.243 e. The summed E-state index contributed by atoms with van der Waals surface area (Å²) in [5, 5.41) is 0. The van der Waals surface area contributed by atoms with Gasteiger partial charge in [-0.3, -0.25) is 0 Å². The van der Waals surface area contributed by atoms with Crippen LogP contribution < -0.4 is 0 Å². The second-order valence-electron chi connectivity index (χ2n) is 3.40. The Bertz CT molecular complexity index is 406. The van der Waals surface area contributed by atoms with Crippen molar-refractivity contribution in [1.82, 2.24) is 4.31 Å². The molecule has 0 radical (unpaired) electrons. The van der Waals surface area contributed by atoms with Crippen molar-refractivity contribution >= 4 is 10.0 Å². The second-order valence-corrected chi connectivity index (χ2v) is 5.34. The smallest absolute Gasteiger partial charge is 0.207 e. The van der Waals surface area contributed by atoms with E-state index < -0.39 is 10.0 Å². The fourth-order valence-electron chi connectivity index (χ4n) is 1.42. The summed E-state index contributed by atoms with van der Waals surface area (Å²) >= 11 is 0. The molecule has 4 heteroatoms. The van der Waals surface area contributed by atoms with Gasteiger partial charge in [0.2, 0.25) is 10.0 Å². The van der Waals surface area contributed by atoms with Crippen LogP contribution in [0.2, 0.25) is 0 Å². The average molecular weight is 257 g/mol. The van der Waals surface area contributed by atoms with Crippen molar-refractivity contribution in [3.05, 3.63) is 29.8 Å². The lowest BCUT2D eigenvalue weighted by atomic mass is 10.2. The largest absolute Gasteiger partial charge is 0.243 e. The summed E-state index contributed by atoms with van der Waals surface area (Å²) in [7, 11) is -3.28. The van der Waals surface area contributed by atoms with E-state index in [2.05, 4.69) is 0 Å². The Hall–Kier alpha value is -0.870. The first-order chi connectivity index (χ1) is 8.02. The molecule has 0 atom stereocenters. The Morgan fingerprint density at radius 3 is 1.76 bits per heavy atom. The van der Waals surface area contributed by atoms with E-state index in [0.717, 1.165) is 5.56 Å². The summed E-state index contributed by atoms with van der Waals surface area (Å²) < 4.78 is 25.5. The van der Waals surface area contributed by atoms with Crippen molar-refractivity contribution in [3.63, 3.8) is 0 Å².